The topological polar surface area (TPSA) is 128 Å². The number of esters is 1. The highest BCUT2D eigenvalue weighted by molar-refractivity contribution is 6.08. The van der Waals surface area contributed by atoms with Crippen molar-refractivity contribution in [3.63, 3.8) is 0 Å². The van der Waals surface area contributed by atoms with Gasteiger partial charge in [0.15, 0.2) is 5.78 Å². The first kappa shape index (κ1) is 19.9. The first-order valence-corrected chi connectivity index (χ1v) is 10.3. The fourth-order valence-corrected chi connectivity index (χ4v) is 5.82. The minimum atomic E-state index is -1.47. The number of nitro benzene ring substituents is 1. The highest BCUT2D eigenvalue weighted by Crippen LogP contribution is 2.59. The van der Waals surface area contributed by atoms with Crippen molar-refractivity contribution >= 4 is 23.2 Å². The van der Waals surface area contributed by atoms with Crippen LogP contribution in [0.4, 0.5) is 5.69 Å². The molecule has 1 unspecified atom stereocenters. The van der Waals surface area contributed by atoms with Crippen molar-refractivity contribution < 1.29 is 29.2 Å². The second-order valence-corrected chi connectivity index (χ2v) is 9.11. The molecular formula is C22H22N2O7. The Hall–Kier alpha value is -3.07. The molecule has 2 heterocycles. The lowest BCUT2D eigenvalue weighted by Gasteiger charge is -2.43. The summed E-state index contributed by atoms with van der Waals surface area (Å²) < 4.78 is 5.75. The Labute approximate surface area is 177 Å². The number of nitrogens with zero attached hydrogens (tertiary/aromatic N) is 2. The molecule has 1 spiro atoms. The number of nitro groups is 1. The van der Waals surface area contributed by atoms with Crippen LogP contribution in [0.15, 0.2) is 41.6 Å². The van der Waals surface area contributed by atoms with E-state index < -0.39 is 39.5 Å². The van der Waals surface area contributed by atoms with Crippen LogP contribution in [0, 0.1) is 27.4 Å². The van der Waals surface area contributed by atoms with E-state index in [1.54, 1.807) is 25.1 Å². The van der Waals surface area contributed by atoms with Crippen LogP contribution >= 0.6 is 0 Å². The molecule has 0 bridgehead atoms. The number of carbonyl (C=O) groups is 2. The van der Waals surface area contributed by atoms with E-state index in [1.807, 2.05) is 6.92 Å². The number of oxime groups is 1. The summed E-state index contributed by atoms with van der Waals surface area (Å²) >= 11 is 0. The number of para-hydroxylation sites is 1. The maximum absolute atomic E-state index is 13.1. The van der Waals surface area contributed by atoms with Gasteiger partial charge in [0.05, 0.1) is 22.1 Å². The third-order valence-electron chi connectivity index (χ3n) is 7.77. The van der Waals surface area contributed by atoms with E-state index in [-0.39, 0.29) is 29.4 Å². The van der Waals surface area contributed by atoms with Crippen LogP contribution in [0.5, 0.6) is 0 Å². The molecule has 31 heavy (non-hydrogen) atoms. The summed E-state index contributed by atoms with van der Waals surface area (Å²) in [5, 5.41) is 27.0. The molecule has 1 saturated carbocycles. The molecule has 2 aliphatic carbocycles. The van der Waals surface area contributed by atoms with Gasteiger partial charge in [0, 0.05) is 12.5 Å². The van der Waals surface area contributed by atoms with Gasteiger partial charge in [-0.05, 0) is 43.9 Å². The van der Waals surface area contributed by atoms with Gasteiger partial charge in [0.2, 0.25) is 5.60 Å². The van der Waals surface area contributed by atoms with Gasteiger partial charge in [-0.1, -0.05) is 24.2 Å². The van der Waals surface area contributed by atoms with Gasteiger partial charge in [-0.15, -0.1) is 0 Å². The molecule has 1 aromatic rings. The van der Waals surface area contributed by atoms with E-state index in [2.05, 4.69) is 5.16 Å². The van der Waals surface area contributed by atoms with Crippen molar-refractivity contribution in [2.24, 2.45) is 22.4 Å². The van der Waals surface area contributed by atoms with Crippen LogP contribution in [0.25, 0.3) is 0 Å². The summed E-state index contributed by atoms with van der Waals surface area (Å²) in [6.45, 7) is 3.52. The van der Waals surface area contributed by atoms with Gasteiger partial charge in [-0.3, -0.25) is 14.9 Å². The molecule has 5 rings (SSSR count). The number of ether oxygens (including phenoxy) is 1. The highest BCUT2D eigenvalue weighted by atomic mass is 16.7. The summed E-state index contributed by atoms with van der Waals surface area (Å²) in [4.78, 5) is 42.7. The van der Waals surface area contributed by atoms with Gasteiger partial charge < -0.3 is 14.7 Å². The smallest absolute Gasteiger partial charge is 0.354 e. The van der Waals surface area contributed by atoms with E-state index in [4.69, 9.17) is 9.57 Å². The minimum Gasteiger partial charge on any atom is -0.458 e. The highest BCUT2D eigenvalue weighted by Gasteiger charge is 2.73. The van der Waals surface area contributed by atoms with Crippen LogP contribution in [-0.2, 0) is 19.2 Å². The zero-order valence-electron chi connectivity index (χ0n) is 17.1. The first-order valence-electron chi connectivity index (χ1n) is 10.3. The lowest BCUT2D eigenvalue weighted by molar-refractivity contribution is -0.385. The Bertz CT molecular complexity index is 1080. The van der Waals surface area contributed by atoms with Gasteiger partial charge in [0.25, 0.3) is 5.69 Å². The molecule has 6 atom stereocenters. The molecule has 0 radical (unpaired) electrons. The Morgan fingerprint density at radius 1 is 1.26 bits per heavy atom. The summed E-state index contributed by atoms with van der Waals surface area (Å²) in [6.07, 6.45) is 3.03. The molecular weight excluding hydrogens is 404 g/mol. The largest absolute Gasteiger partial charge is 0.458 e. The number of allylic oxidation sites excluding steroid dienone is 1. The second-order valence-electron chi connectivity index (χ2n) is 9.11. The summed E-state index contributed by atoms with van der Waals surface area (Å²) in [7, 11) is 0. The predicted molar refractivity (Wildman–Crippen MR) is 107 cm³/mol. The van der Waals surface area contributed by atoms with Crippen LogP contribution in [0.1, 0.15) is 38.7 Å². The average Bonchev–Trinajstić information content (AvgIpc) is 3.37. The quantitative estimate of drug-likeness (QED) is 0.436. The zero-order chi connectivity index (χ0) is 22.2. The first-order chi connectivity index (χ1) is 14.6. The lowest BCUT2D eigenvalue weighted by atomic mass is 9.63. The van der Waals surface area contributed by atoms with Crippen molar-refractivity contribution in [3.05, 3.63) is 52.1 Å². The van der Waals surface area contributed by atoms with Crippen molar-refractivity contribution in [1.29, 1.82) is 0 Å². The standard InChI is InChI=1S/C22H22N2O7/c1-12-7-8-14-18(20(2)17(25)9-10-22(12,20)27)30-19(26)21(14)11-15(23-31-21)13-5-3-4-6-16(13)24(28)29/h3-6,9-10,12,14,18,27H,7-8,11H2,1-2H3/t12-,14+,18+,20-,21?,22+/m0/s1. The van der Waals surface area contributed by atoms with E-state index in [1.165, 1.54) is 18.2 Å². The lowest BCUT2D eigenvalue weighted by Crippen LogP contribution is -2.57. The van der Waals surface area contributed by atoms with E-state index >= 15 is 0 Å². The normalized spacial score (nSPS) is 40.7. The molecule has 9 nitrogen and oxygen atoms in total. The van der Waals surface area contributed by atoms with E-state index in [0.29, 0.717) is 18.6 Å². The number of hydrogen-bond acceptors (Lipinski definition) is 8. The third kappa shape index (κ3) is 2.32. The van der Waals surface area contributed by atoms with Crippen molar-refractivity contribution in [2.45, 2.75) is 50.4 Å². The minimum absolute atomic E-state index is 0.00234. The van der Waals surface area contributed by atoms with Crippen LogP contribution in [0.3, 0.4) is 0 Å². The molecule has 2 fully saturated rings. The van der Waals surface area contributed by atoms with Crippen LogP contribution < -0.4 is 0 Å². The SMILES string of the molecule is C[C@H]1CC[C@@H]2[C@@H](OC(=O)C23CC(c2ccccc2[N+](=O)[O-])=NO3)[C@]2(C)C(=O)C=C[C@@]12O. The molecule has 0 amide bonds. The fourth-order valence-electron chi connectivity index (χ4n) is 5.82. The molecule has 0 aromatic heterocycles. The number of fused-ring (bicyclic) bond motifs is 4. The van der Waals surface area contributed by atoms with Gasteiger partial charge in [0.1, 0.15) is 17.1 Å². The maximum Gasteiger partial charge on any atom is 0.354 e. The number of carbonyl (C=O) groups excluding carboxylic acids is 2. The van der Waals surface area contributed by atoms with Crippen LogP contribution in [0.2, 0.25) is 0 Å². The van der Waals surface area contributed by atoms with Gasteiger partial charge in [-0.25, -0.2) is 4.79 Å². The number of hydrogen-bond donors (Lipinski definition) is 1. The third-order valence-corrected chi connectivity index (χ3v) is 7.77. The summed E-state index contributed by atoms with van der Waals surface area (Å²) in [5.41, 5.74) is -3.80. The number of rotatable bonds is 2. The van der Waals surface area contributed by atoms with Crippen molar-refractivity contribution in [2.75, 3.05) is 0 Å². The number of ketones is 1. The molecule has 1 N–H and O–H groups in total. The number of aliphatic hydroxyl groups is 1. The molecule has 1 aromatic carbocycles. The molecule has 4 aliphatic rings. The molecule has 162 valence electrons. The Balaban J connectivity index is 1.54. The van der Waals surface area contributed by atoms with Crippen molar-refractivity contribution in [3.8, 4) is 0 Å². The Morgan fingerprint density at radius 3 is 2.74 bits per heavy atom. The zero-order valence-corrected chi connectivity index (χ0v) is 17.1. The maximum atomic E-state index is 13.1. The van der Waals surface area contributed by atoms with E-state index in [0.717, 1.165) is 0 Å². The van der Waals surface area contributed by atoms with Gasteiger partial charge >= 0.3 is 5.97 Å². The summed E-state index contributed by atoms with van der Waals surface area (Å²) in [5.74, 6) is -1.72. The fraction of sp³-hybridized carbons (Fsp3) is 0.500. The Kier molecular flexibility index (Phi) is 3.99. The van der Waals surface area contributed by atoms with Crippen molar-refractivity contribution in [1.82, 2.24) is 0 Å². The molecule has 2 aliphatic heterocycles. The molecule has 9 heteroatoms. The van der Waals surface area contributed by atoms with Gasteiger partial charge in [-0.2, -0.15) is 0 Å². The Morgan fingerprint density at radius 2 is 2.00 bits per heavy atom. The molecule has 1 saturated heterocycles. The second kappa shape index (κ2) is 6.23. The van der Waals surface area contributed by atoms with Crippen LogP contribution in [-0.4, -0.2) is 44.8 Å². The summed E-state index contributed by atoms with van der Waals surface area (Å²) in [6, 6.07) is 6.15. The average molecular weight is 426 g/mol. The van der Waals surface area contributed by atoms with E-state index in [9.17, 15) is 24.8 Å². The number of benzene rings is 1. The monoisotopic (exact) mass is 426 g/mol. The predicted octanol–water partition coefficient (Wildman–Crippen LogP) is 2.31.